The predicted octanol–water partition coefficient (Wildman–Crippen LogP) is 0.719. The largest absolute Gasteiger partial charge is 0.314 e. The predicted molar refractivity (Wildman–Crippen MR) is 79.5 cm³/mol. The fraction of sp³-hybridized carbons (Fsp3) is 0.500. The summed E-state index contributed by atoms with van der Waals surface area (Å²) in [6.45, 7) is 3.76. The molecule has 1 aromatic carbocycles. The first-order chi connectivity index (χ1) is 9.94. The first kappa shape index (κ1) is 15.7. The van der Waals surface area contributed by atoms with Crippen molar-refractivity contribution in [1.29, 1.82) is 0 Å². The van der Waals surface area contributed by atoms with Crippen LogP contribution in [0.25, 0.3) is 0 Å². The summed E-state index contributed by atoms with van der Waals surface area (Å²) < 4.78 is 28.1. The van der Waals surface area contributed by atoms with Crippen molar-refractivity contribution in [1.82, 2.24) is 9.62 Å². The molecule has 21 heavy (non-hydrogen) atoms. The molecular formula is C12H18N4O4S. The molecule has 0 unspecified atom stereocenters. The van der Waals surface area contributed by atoms with Crippen LogP contribution in [-0.2, 0) is 16.6 Å². The van der Waals surface area contributed by atoms with Crippen molar-refractivity contribution >= 4 is 21.6 Å². The molecule has 0 atom stereocenters. The summed E-state index contributed by atoms with van der Waals surface area (Å²) in [5.41, 5.74) is 0.709. The Bertz CT molecular complexity index is 626. The minimum atomic E-state index is -3.68. The zero-order valence-electron chi connectivity index (χ0n) is 11.7. The summed E-state index contributed by atoms with van der Waals surface area (Å²) >= 11 is 0. The smallest absolute Gasteiger partial charge is 0.301 e. The molecule has 1 saturated heterocycles. The van der Waals surface area contributed by atoms with E-state index in [1.165, 1.54) is 10.4 Å². The Labute approximate surface area is 123 Å². The van der Waals surface area contributed by atoms with Crippen molar-refractivity contribution in [3.8, 4) is 0 Å². The molecule has 1 aliphatic heterocycles. The lowest BCUT2D eigenvalue weighted by molar-refractivity contribution is -0.385. The van der Waals surface area contributed by atoms with E-state index in [2.05, 4.69) is 10.0 Å². The molecule has 116 valence electrons. The van der Waals surface area contributed by atoms with Crippen LogP contribution in [0.3, 0.4) is 0 Å². The second-order valence-electron chi connectivity index (χ2n) is 4.71. The lowest BCUT2D eigenvalue weighted by Crippen LogP contribution is -2.48. The van der Waals surface area contributed by atoms with Gasteiger partial charge in [0, 0.05) is 37.8 Å². The van der Waals surface area contributed by atoms with Crippen LogP contribution in [0.1, 0.15) is 12.5 Å². The van der Waals surface area contributed by atoms with E-state index in [1.807, 2.05) is 6.92 Å². The van der Waals surface area contributed by atoms with Gasteiger partial charge in [0.1, 0.15) is 0 Å². The molecule has 1 aromatic rings. The average molecular weight is 314 g/mol. The van der Waals surface area contributed by atoms with Gasteiger partial charge in [-0.3, -0.25) is 14.8 Å². The monoisotopic (exact) mass is 314 g/mol. The van der Waals surface area contributed by atoms with Crippen LogP contribution >= 0.6 is 0 Å². The first-order valence-corrected chi connectivity index (χ1v) is 8.14. The van der Waals surface area contributed by atoms with Crippen molar-refractivity contribution < 1.29 is 13.3 Å². The summed E-state index contributed by atoms with van der Waals surface area (Å²) in [7, 11) is -3.68. The number of aryl methyl sites for hydroxylation is 1. The lowest BCUT2D eigenvalue weighted by Gasteiger charge is -2.26. The average Bonchev–Trinajstić information content (AvgIpc) is 2.47. The molecular weight excluding hydrogens is 296 g/mol. The Morgan fingerprint density at radius 3 is 2.62 bits per heavy atom. The normalized spacial score (nSPS) is 16.6. The molecule has 0 saturated carbocycles. The molecule has 2 N–H and O–H groups in total. The van der Waals surface area contributed by atoms with Gasteiger partial charge in [-0.25, -0.2) is 0 Å². The molecule has 9 heteroatoms. The number of hydrogen-bond donors (Lipinski definition) is 2. The summed E-state index contributed by atoms with van der Waals surface area (Å²) in [5.74, 6) is 0. The van der Waals surface area contributed by atoms with Gasteiger partial charge in [-0.1, -0.05) is 13.0 Å². The molecule has 0 bridgehead atoms. The minimum Gasteiger partial charge on any atom is -0.314 e. The summed E-state index contributed by atoms with van der Waals surface area (Å²) in [4.78, 5) is 10.5. The molecule has 1 aliphatic rings. The van der Waals surface area contributed by atoms with E-state index in [9.17, 15) is 18.5 Å². The number of nitro benzene ring substituents is 1. The number of nitrogens with zero attached hydrogens (tertiary/aromatic N) is 2. The van der Waals surface area contributed by atoms with Crippen LogP contribution in [0.4, 0.5) is 11.4 Å². The number of nitro groups is 1. The van der Waals surface area contributed by atoms with Gasteiger partial charge in [0.2, 0.25) is 0 Å². The van der Waals surface area contributed by atoms with Crippen LogP contribution in [0.15, 0.2) is 18.2 Å². The molecule has 0 amide bonds. The number of nitrogens with one attached hydrogen (secondary N) is 2. The van der Waals surface area contributed by atoms with E-state index in [0.717, 1.165) is 0 Å². The maximum atomic E-state index is 12.2. The van der Waals surface area contributed by atoms with Gasteiger partial charge in [0.15, 0.2) is 0 Å². The molecule has 8 nitrogen and oxygen atoms in total. The highest BCUT2D eigenvalue weighted by Crippen LogP contribution is 2.24. The molecule has 0 spiro atoms. The van der Waals surface area contributed by atoms with Gasteiger partial charge in [0.05, 0.1) is 10.6 Å². The van der Waals surface area contributed by atoms with Crippen LogP contribution in [0.5, 0.6) is 0 Å². The second-order valence-corrected chi connectivity index (χ2v) is 6.38. The van der Waals surface area contributed by atoms with Gasteiger partial charge in [0.25, 0.3) is 5.69 Å². The summed E-state index contributed by atoms with van der Waals surface area (Å²) in [5, 5.41) is 14.1. The zero-order valence-corrected chi connectivity index (χ0v) is 12.5. The van der Waals surface area contributed by atoms with Crippen molar-refractivity contribution in [2.24, 2.45) is 0 Å². The van der Waals surface area contributed by atoms with E-state index >= 15 is 0 Å². The zero-order chi connectivity index (χ0) is 15.5. The number of hydrogen-bond acceptors (Lipinski definition) is 5. The van der Waals surface area contributed by atoms with E-state index in [-0.39, 0.29) is 11.4 Å². The number of benzene rings is 1. The van der Waals surface area contributed by atoms with Gasteiger partial charge in [-0.05, 0) is 12.5 Å². The first-order valence-electron chi connectivity index (χ1n) is 6.70. The lowest BCUT2D eigenvalue weighted by atomic mass is 10.1. The molecule has 0 aliphatic carbocycles. The minimum absolute atomic E-state index is 0.0713. The van der Waals surface area contributed by atoms with E-state index in [4.69, 9.17) is 0 Å². The van der Waals surface area contributed by atoms with Crippen molar-refractivity contribution in [2.45, 2.75) is 13.3 Å². The summed E-state index contributed by atoms with van der Waals surface area (Å²) in [6.07, 6.45) is 0.515. The highest BCUT2D eigenvalue weighted by atomic mass is 32.2. The highest BCUT2D eigenvalue weighted by molar-refractivity contribution is 7.90. The van der Waals surface area contributed by atoms with Gasteiger partial charge < -0.3 is 5.32 Å². The Balaban J connectivity index is 2.22. The number of rotatable bonds is 5. The number of anilines is 1. The third-order valence-corrected chi connectivity index (χ3v) is 4.86. The maximum absolute atomic E-state index is 12.2. The standard InChI is InChI=1S/C12H18N4O4S/c1-2-10-3-4-11(9-12(10)16(17)18)14-21(19,20)15-7-5-13-6-8-15/h3-4,9,13-14H,2,5-8H2,1H3. The van der Waals surface area contributed by atoms with Crippen molar-refractivity contribution in [3.63, 3.8) is 0 Å². The highest BCUT2D eigenvalue weighted by Gasteiger charge is 2.24. The Morgan fingerprint density at radius 2 is 2.05 bits per heavy atom. The Hall–Kier alpha value is -1.71. The second kappa shape index (κ2) is 6.37. The third-order valence-electron chi connectivity index (χ3n) is 3.33. The van der Waals surface area contributed by atoms with Crippen LogP contribution in [0, 0.1) is 10.1 Å². The fourth-order valence-electron chi connectivity index (χ4n) is 2.19. The van der Waals surface area contributed by atoms with Gasteiger partial charge >= 0.3 is 10.2 Å². The quantitative estimate of drug-likeness (QED) is 0.615. The van der Waals surface area contributed by atoms with Gasteiger partial charge in [-0.2, -0.15) is 12.7 Å². The molecule has 0 aromatic heterocycles. The molecule has 1 fully saturated rings. The van der Waals surface area contributed by atoms with Crippen molar-refractivity contribution in [2.75, 3.05) is 30.9 Å². The maximum Gasteiger partial charge on any atom is 0.301 e. The summed E-state index contributed by atoms with van der Waals surface area (Å²) in [6, 6.07) is 4.39. The number of piperazine rings is 1. The van der Waals surface area contributed by atoms with E-state index in [1.54, 1.807) is 12.1 Å². The van der Waals surface area contributed by atoms with Crippen LogP contribution in [0.2, 0.25) is 0 Å². The van der Waals surface area contributed by atoms with E-state index < -0.39 is 15.1 Å². The molecule has 2 rings (SSSR count). The Morgan fingerprint density at radius 1 is 1.38 bits per heavy atom. The SMILES string of the molecule is CCc1ccc(NS(=O)(=O)N2CCNCC2)cc1[N+](=O)[O-]. The Kier molecular flexibility index (Phi) is 4.76. The fourth-order valence-corrected chi connectivity index (χ4v) is 3.41. The van der Waals surface area contributed by atoms with E-state index in [0.29, 0.717) is 38.2 Å². The molecule has 1 heterocycles. The van der Waals surface area contributed by atoms with Crippen LogP contribution in [-0.4, -0.2) is 43.8 Å². The van der Waals surface area contributed by atoms with Crippen LogP contribution < -0.4 is 10.0 Å². The topological polar surface area (TPSA) is 105 Å². The molecule has 0 radical (unpaired) electrons. The van der Waals surface area contributed by atoms with Crippen molar-refractivity contribution in [3.05, 3.63) is 33.9 Å². The third kappa shape index (κ3) is 3.69. The van der Waals surface area contributed by atoms with Gasteiger partial charge in [-0.15, -0.1) is 0 Å².